The van der Waals surface area contributed by atoms with Crippen LogP contribution in [-0.2, 0) is 11.2 Å². The molecule has 4 rings (SSSR count). The van der Waals surface area contributed by atoms with Crippen LogP contribution in [0, 0.1) is 12.8 Å². The second-order valence-electron chi connectivity index (χ2n) is 8.10. The average molecular weight is 406 g/mol. The highest BCUT2D eigenvalue weighted by atomic mass is 16.4. The fourth-order valence-electron chi connectivity index (χ4n) is 4.12. The summed E-state index contributed by atoms with van der Waals surface area (Å²) in [7, 11) is 0. The van der Waals surface area contributed by atoms with E-state index in [1.54, 1.807) is 18.6 Å². The number of pyridine rings is 2. The van der Waals surface area contributed by atoms with Gasteiger partial charge in [-0.2, -0.15) is 0 Å². The standard InChI is InChI=1S/C23H27N5O2/c1-16-25-12-19(13-26-16)21(11-22(29)30)28-14-17(15-28)5-2-3-7-20-9-8-18-6-4-10-24-23(18)27-20/h4,6,8-10,12-13,17,21H,2-3,5,7,11,14-15H2,1H3,(H,29,30). The van der Waals surface area contributed by atoms with Crippen molar-refractivity contribution in [2.24, 2.45) is 5.92 Å². The van der Waals surface area contributed by atoms with Crippen molar-refractivity contribution in [2.45, 2.75) is 45.1 Å². The van der Waals surface area contributed by atoms with Gasteiger partial charge in [-0.1, -0.05) is 6.42 Å². The smallest absolute Gasteiger partial charge is 0.305 e. The van der Waals surface area contributed by atoms with Crippen LogP contribution in [0.1, 0.15) is 48.8 Å². The van der Waals surface area contributed by atoms with Gasteiger partial charge in [-0.05, 0) is 56.4 Å². The SMILES string of the molecule is Cc1ncc(C(CC(=O)O)N2CC(CCCCc3ccc4cccnc4n3)C2)cn1. The molecular formula is C23H27N5O2. The Labute approximate surface area is 176 Å². The van der Waals surface area contributed by atoms with E-state index in [4.69, 9.17) is 0 Å². The van der Waals surface area contributed by atoms with Crippen molar-refractivity contribution < 1.29 is 9.90 Å². The van der Waals surface area contributed by atoms with E-state index in [0.717, 1.165) is 61.1 Å². The molecule has 1 unspecified atom stereocenters. The average Bonchev–Trinajstić information content (AvgIpc) is 2.71. The first kappa shape index (κ1) is 20.3. The highest BCUT2D eigenvalue weighted by Crippen LogP contribution is 2.33. The lowest BCUT2D eigenvalue weighted by atomic mass is 9.89. The van der Waals surface area contributed by atoms with Gasteiger partial charge in [-0.3, -0.25) is 9.69 Å². The molecule has 0 saturated carbocycles. The molecule has 1 atom stereocenters. The molecule has 0 aromatic carbocycles. The Morgan fingerprint density at radius 2 is 1.97 bits per heavy atom. The molecule has 1 N–H and O–H groups in total. The first-order chi connectivity index (χ1) is 14.6. The van der Waals surface area contributed by atoms with Crippen molar-refractivity contribution in [1.29, 1.82) is 0 Å². The molecule has 1 aliphatic rings. The molecule has 0 bridgehead atoms. The van der Waals surface area contributed by atoms with Gasteiger partial charge >= 0.3 is 5.97 Å². The lowest BCUT2D eigenvalue weighted by Gasteiger charge is -2.44. The maximum atomic E-state index is 11.3. The van der Waals surface area contributed by atoms with Crippen LogP contribution in [0.3, 0.4) is 0 Å². The summed E-state index contributed by atoms with van der Waals surface area (Å²) in [6.07, 6.45) is 9.76. The number of hydrogen-bond donors (Lipinski definition) is 1. The van der Waals surface area contributed by atoms with Gasteiger partial charge in [-0.15, -0.1) is 0 Å². The third-order valence-electron chi connectivity index (χ3n) is 5.80. The highest BCUT2D eigenvalue weighted by Gasteiger charge is 2.34. The molecule has 7 nitrogen and oxygen atoms in total. The molecule has 7 heteroatoms. The summed E-state index contributed by atoms with van der Waals surface area (Å²) in [5, 5.41) is 10.4. The molecule has 0 amide bonds. The fraction of sp³-hybridized carbons (Fsp3) is 0.435. The minimum Gasteiger partial charge on any atom is -0.481 e. The zero-order valence-corrected chi connectivity index (χ0v) is 17.2. The number of aliphatic carboxylic acids is 1. The summed E-state index contributed by atoms with van der Waals surface area (Å²) in [5.74, 6) is 0.534. The molecule has 0 aliphatic carbocycles. The quantitative estimate of drug-likeness (QED) is 0.544. The number of nitrogens with zero attached hydrogens (tertiary/aromatic N) is 5. The minimum atomic E-state index is -0.790. The Morgan fingerprint density at radius 3 is 2.73 bits per heavy atom. The summed E-state index contributed by atoms with van der Waals surface area (Å²) < 4.78 is 0. The lowest BCUT2D eigenvalue weighted by molar-refractivity contribution is -0.139. The molecule has 1 fully saturated rings. The van der Waals surface area contributed by atoms with Gasteiger partial charge in [0.25, 0.3) is 0 Å². The molecule has 156 valence electrons. The van der Waals surface area contributed by atoms with Crippen LogP contribution >= 0.6 is 0 Å². The van der Waals surface area contributed by atoms with Crippen LogP contribution in [0.15, 0.2) is 42.9 Å². The maximum Gasteiger partial charge on any atom is 0.305 e. The number of fused-ring (bicyclic) bond motifs is 1. The van der Waals surface area contributed by atoms with E-state index < -0.39 is 5.97 Å². The zero-order valence-electron chi connectivity index (χ0n) is 17.2. The highest BCUT2D eigenvalue weighted by molar-refractivity contribution is 5.74. The number of hydrogen-bond acceptors (Lipinski definition) is 6. The van der Waals surface area contributed by atoms with Gasteiger partial charge < -0.3 is 5.11 Å². The number of carboxylic acids is 1. The van der Waals surface area contributed by atoms with Crippen molar-refractivity contribution in [1.82, 2.24) is 24.8 Å². The first-order valence-corrected chi connectivity index (χ1v) is 10.5. The molecule has 30 heavy (non-hydrogen) atoms. The van der Waals surface area contributed by atoms with E-state index >= 15 is 0 Å². The fourth-order valence-corrected chi connectivity index (χ4v) is 4.12. The van der Waals surface area contributed by atoms with E-state index in [0.29, 0.717) is 11.7 Å². The van der Waals surface area contributed by atoms with Gasteiger partial charge in [0.15, 0.2) is 5.65 Å². The van der Waals surface area contributed by atoms with Gasteiger partial charge in [0, 0.05) is 54.4 Å². The van der Waals surface area contributed by atoms with Crippen molar-refractivity contribution in [3.8, 4) is 0 Å². The summed E-state index contributed by atoms with van der Waals surface area (Å²) >= 11 is 0. The van der Waals surface area contributed by atoms with Crippen LogP contribution in [-0.4, -0.2) is 49.0 Å². The Morgan fingerprint density at radius 1 is 1.17 bits per heavy atom. The molecule has 1 aliphatic heterocycles. The van der Waals surface area contributed by atoms with Crippen molar-refractivity contribution >= 4 is 17.0 Å². The van der Waals surface area contributed by atoms with Crippen LogP contribution in [0.5, 0.6) is 0 Å². The monoisotopic (exact) mass is 405 g/mol. The van der Waals surface area contributed by atoms with Crippen molar-refractivity contribution in [2.75, 3.05) is 13.1 Å². The third-order valence-corrected chi connectivity index (χ3v) is 5.80. The van der Waals surface area contributed by atoms with Gasteiger partial charge in [0.2, 0.25) is 0 Å². The van der Waals surface area contributed by atoms with E-state index in [9.17, 15) is 9.90 Å². The number of aromatic nitrogens is 4. The van der Waals surface area contributed by atoms with E-state index in [1.807, 2.05) is 19.1 Å². The minimum absolute atomic E-state index is 0.0841. The molecular weight excluding hydrogens is 378 g/mol. The molecule has 0 spiro atoms. The first-order valence-electron chi connectivity index (χ1n) is 10.5. The molecule has 1 saturated heterocycles. The maximum absolute atomic E-state index is 11.3. The topological polar surface area (TPSA) is 92.1 Å². The zero-order chi connectivity index (χ0) is 20.9. The molecule has 4 heterocycles. The number of carboxylic acid groups (broad SMARTS) is 1. The molecule has 3 aromatic rings. The molecule has 0 radical (unpaired) electrons. The van der Waals surface area contributed by atoms with Crippen LogP contribution < -0.4 is 0 Å². The van der Waals surface area contributed by atoms with Gasteiger partial charge in [-0.25, -0.2) is 19.9 Å². The number of likely N-dealkylation sites (tertiary alicyclic amines) is 1. The summed E-state index contributed by atoms with van der Waals surface area (Å²) in [4.78, 5) is 31.0. The van der Waals surface area contributed by atoms with E-state index in [-0.39, 0.29) is 12.5 Å². The number of carbonyl (C=O) groups is 1. The number of unbranched alkanes of at least 4 members (excludes halogenated alkanes) is 1. The predicted molar refractivity (Wildman–Crippen MR) is 114 cm³/mol. The number of aryl methyl sites for hydroxylation is 2. The van der Waals surface area contributed by atoms with E-state index in [1.165, 1.54) is 0 Å². The Hall–Kier alpha value is -2.93. The lowest BCUT2D eigenvalue weighted by Crippen LogP contribution is -2.48. The summed E-state index contributed by atoms with van der Waals surface area (Å²) in [5.41, 5.74) is 2.80. The van der Waals surface area contributed by atoms with Crippen molar-refractivity contribution in [3.05, 3.63) is 59.9 Å². The Kier molecular flexibility index (Phi) is 6.28. The third kappa shape index (κ3) is 4.97. The van der Waals surface area contributed by atoms with Crippen LogP contribution in [0.4, 0.5) is 0 Å². The van der Waals surface area contributed by atoms with E-state index in [2.05, 4.69) is 37.0 Å². The van der Waals surface area contributed by atoms with Crippen molar-refractivity contribution in [3.63, 3.8) is 0 Å². The number of rotatable bonds is 9. The predicted octanol–water partition coefficient (Wildman–Crippen LogP) is 3.59. The Balaban J connectivity index is 1.23. The Bertz CT molecular complexity index is 1000. The largest absolute Gasteiger partial charge is 0.481 e. The second kappa shape index (κ2) is 9.26. The van der Waals surface area contributed by atoms with Gasteiger partial charge in [0.1, 0.15) is 5.82 Å². The molecule has 3 aromatic heterocycles. The summed E-state index contributed by atoms with van der Waals surface area (Å²) in [6, 6.07) is 8.00. The van der Waals surface area contributed by atoms with Crippen LogP contribution in [0.25, 0.3) is 11.0 Å². The second-order valence-corrected chi connectivity index (χ2v) is 8.10. The summed E-state index contributed by atoms with van der Waals surface area (Å²) in [6.45, 7) is 3.70. The van der Waals surface area contributed by atoms with Crippen LogP contribution in [0.2, 0.25) is 0 Å². The van der Waals surface area contributed by atoms with Gasteiger partial charge in [0.05, 0.1) is 6.42 Å². The normalized spacial score (nSPS) is 15.8.